The van der Waals surface area contributed by atoms with Crippen LogP contribution in [0.4, 0.5) is 0 Å². The lowest BCUT2D eigenvalue weighted by Gasteiger charge is -2.44. The van der Waals surface area contributed by atoms with E-state index in [1.54, 1.807) is 0 Å². The quantitative estimate of drug-likeness (QED) is 0.834. The Morgan fingerprint density at radius 3 is 2.21 bits per heavy atom. The van der Waals surface area contributed by atoms with Crippen molar-refractivity contribution in [2.45, 2.75) is 26.9 Å². The van der Waals surface area contributed by atoms with Crippen molar-refractivity contribution in [1.82, 2.24) is 0 Å². The summed E-state index contributed by atoms with van der Waals surface area (Å²) in [6.45, 7) is 9.83. The summed E-state index contributed by atoms with van der Waals surface area (Å²) < 4.78 is 16.7. The zero-order chi connectivity index (χ0) is 13.5. The first kappa shape index (κ1) is 12.9. The summed E-state index contributed by atoms with van der Waals surface area (Å²) in [4.78, 5) is 0. The minimum atomic E-state index is 0.192. The molecule has 0 N–H and O–H groups in total. The van der Waals surface area contributed by atoms with Gasteiger partial charge in [-0.3, -0.25) is 0 Å². The molecule has 2 aliphatic rings. The molecule has 3 nitrogen and oxygen atoms in total. The van der Waals surface area contributed by atoms with E-state index >= 15 is 0 Å². The topological polar surface area (TPSA) is 27.7 Å². The third kappa shape index (κ3) is 2.49. The number of hydrogen-bond acceptors (Lipinski definition) is 3. The Hall–Kier alpha value is -1.06. The molecular weight excluding hydrogens is 240 g/mol. The van der Waals surface area contributed by atoms with Gasteiger partial charge in [0.25, 0.3) is 0 Å². The summed E-state index contributed by atoms with van der Waals surface area (Å²) in [6, 6.07) is 8.30. The van der Waals surface area contributed by atoms with Crippen molar-refractivity contribution in [2.24, 2.45) is 10.8 Å². The highest BCUT2D eigenvalue weighted by Crippen LogP contribution is 2.45. The smallest absolute Gasteiger partial charge is 0.119 e. The molecule has 0 amide bonds. The van der Waals surface area contributed by atoms with E-state index in [0.717, 1.165) is 32.2 Å². The monoisotopic (exact) mass is 262 g/mol. The van der Waals surface area contributed by atoms with Gasteiger partial charge >= 0.3 is 0 Å². The molecule has 0 spiro atoms. The van der Waals surface area contributed by atoms with Crippen molar-refractivity contribution in [3.05, 3.63) is 29.8 Å². The van der Waals surface area contributed by atoms with Crippen LogP contribution in [0.1, 0.15) is 32.4 Å². The van der Waals surface area contributed by atoms with Gasteiger partial charge in [-0.15, -0.1) is 0 Å². The maximum atomic E-state index is 5.83. The van der Waals surface area contributed by atoms with Gasteiger partial charge in [-0.1, -0.05) is 32.9 Å². The molecule has 2 saturated heterocycles. The number of hydrogen-bond donors (Lipinski definition) is 0. The van der Waals surface area contributed by atoms with Gasteiger partial charge in [-0.25, -0.2) is 0 Å². The van der Waals surface area contributed by atoms with Crippen LogP contribution in [0, 0.1) is 10.8 Å². The Labute approximate surface area is 114 Å². The molecule has 0 bridgehead atoms. The lowest BCUT2D eigenvalue weighted by molar-refractivity contribution is -0.172. The lowest BCUT2D eigenvalue weighted by Crippen LogP contribution is -2.44. The van der Waals surface area contributed by atoms with Crippen molar-refractivity contribution in [1.29, 1.82) is 0 Å². The third-order valence-electron chi connectivity index (χ3n) is 4.00. The first-order valence-electron chi connectivity index (χ1n) is 6.91. The Morgan fingerprint density at radius 1 is 1.11 bits per heavy atom. The van der Waals surface area contributed by atoms with Crippen molar-refractivity contribution in [2.75, 3.05) is 26.4 Å². The molecule has 1 unspecified atom stereocenters. The van der Waals surface area contributed by atoms with Gasteiger partial charge in [-0.05, 0) is 17.7 Å². The molecule has 0 saturated carbocycles. The predicted molar refractivity (Wildman–Crippen MR) is 73.3 cm³/mol. The van der Waals surface area contributed by atoms with E-state index in [9.17, 15) is 0 Å². The zero-order valence-corrected chi connectivity index (χ0v) is 11.9. The van der Waals surface area contributed by atoms with E-state index < -0.39 is 0 Å². The summed E-state index contributed by atoms with van der Waals surface area (Å²) in [5.74, 6) is 0.925. The summed E-state index contributed by atoms with van der Waals surface area (Å²) in [5.41, 5.74) is 1.68. The van der Waals surface area contributed by atoms with E-state index in [-0.39, 0.29) is 16.9 Å². The van der Waals surface area contributed by atoms with Crippen LogP contribution in [-0.2, 0) is 9.47 Å². The summed E-state index contributed by atoms with van der Waals surface area (Å²) in [5, 5.41) is 0. The maximum Gasteiger partial charge on any atom is 0.119 e. The second kappa shape index (κ2) is 4.50. The molecule has 0 radical (unpaired) electrons. The highest BCUT2D eigenvalue weighted by molar-refractivity contribution is 5.30. The van der Waals surface area contributed by atoms with Crippen molar-refractivity contribution < 1.29 is 14.2 Å². The summed E-state index contributed by atoms with van der Waals surface area (Å²) in [6.07, 6.45) is 0.221. The largest absolute Gasteiger partial charge is 0.493 e. The van der Waals surface area contributed by atoms with Crippen LogP contribution in [0.15, 0.2) is 24.3 Å². The van der Waals surface area contributed by atoms with E-state index in [1.807, 2.05) is 12.1 Å². The molecule has 1 aromatic carbocycles. The van der Waals surface area contributed by atoms with Gasteiger partial charge in [0, 0.05) is 10.8 Å². The first-order chi connectivity index (χ1) is 8.99. The van der Waals surface area contributed by atoms with Crippen molar-refractivity contribution >= 4 is 0 Å². The lowest BCUT2D eigenvalue weighted by atomic mass is 9.79. The Kier molecular flexibility index (Phi) is 3.06. The first-order valence-corrected chi connectivity index (χ1v) is 6.91. The van der Waals surface area contributed by atoms with Gasteiger partial charge in [0.15, 0.2) is 0 Å². The SMILES string of the molecule is CC1(COc2ccc(C3OCC3(C)C)cc2)COC1. The van der Waals surface area contributed by atoms with Crippen LogP contribution in [-0.4, -0.2) is 26.4 Å². The molecule has 2 aliphatic heterocycles. The van der Waals surface area contributed by atoms with Crippen molar-refractivity contribution in [3.63, 3.8) is 0 Å². The van der Waals surface area contributed by atoms with Crippen LogP contribution < -0.4 is 4.74 Å². The second-order valence-electron chi connectivity index (χ2n) is 6.84. The molecule has 2 heterocycles. The molecule has 1 atom stereocenters. The van der Waals surface area contributed by atoms with Crippen molar-refractivity contribution in [3.8, 4) is 5.75 Å². The van der Waals surface area contributed by atoms with Crippen LogP contribution in [0.25, 0.3) is 0 Å². The van der Waals surface area contributed by atoms with E-state index in [2.05, 4.69) is 32.9 Å². The Balaban J connectivity index is 1.60. The van der Waals surface area contributed by atoms with E-state index in [4.69, 9.17) is 14.2 Å². The van der Waals surface area contributed by atoms with Gasteiger partial charge < -0.3 is 14.2 Å². The molecule has 19 heavy (non-hydrogen) atoms. The second-order valence-corrected chi connectivity index (χ2v) is 6.84. The average molecular weight is 262 g/mol. The highest BCUT2D eigenvalue weighted by Gasteiger charge is 2.41. The average Bonchev–Trinajstić information content (AvgIpc) is 2.34. The van der Waals surface area contributed by atoms with Crippen LogP contribution in [0.2, 0.25) is 0 Å². The van der Waals surface area contributed by atoms with E-state index in [1.165, 1.54) is 5.56 Å². The van der Waals surface area contributed by atoms with Gasteiger partial charge in [-0.2, -0.15) is 0 Å². The molecule has 2 fully saturated rings. The molecule has 3 heteroatoms. The maximum absolute atomic E-state index is 5.83. The Morgan fingerprint density at radius 2 is 1.79 bits per heavy atom. The molecule has 1 aromatic rings. The van der Waals surface area contributed by atoms with Gasteiger partial charge in [0.1, 0.15) is 5.75 Å². The minimum absolute atomic E-state index is 0.192. The predicted octanol–water partition coefficient (Wildman–Crippen LogP) is 3.20. The molecule has 0 aliphatic carbocycles. The van der Waals surface area contributed by atoms with Crippen LogP contribution in [0.5, 0.6) is 5.75 Å². The summed E-state index contributed by atoms with van der Waals surface area (Å²) in [7, 11) is 0. The van der Waals surface area contributed by atoms with Crippen LogP contribution >= 0.6 is 0 Å². The fraction of sp³-hybridized carbons (Fsp3) is 0.625. The minimum Gasteiger partial charge on any atom is -0.493 e. The third-order valence-corrected chi connectivity index (χ3v) is 4.00. The fourth-order valence-electron chi connectivity index (χ4n) is 2.58. The number of ether oxygens (including phenoxy) is 3. The van der Waals surface area contributed by atoms with E-state index in [0.29, 0.717) is 0 Å². The van der Waals surface area contributed by atoms with Crippen LogP contribution in [0.3, 0.4) is 0 Å². The number of rotatable bonds is 4. The summed E-state index contributed by atoms with van der Waals surface area (Å²) >= 11 is 0. The molecule has 0 aromatic heterocycles. The molecular formula is C16H22O3. The molecule has 104 valence electrons. The normalized spacial score (nSPS) is 27.2. The number of benzene rings is 1. The van der Waals surface area contributed by atoms with Gasteiger partial charge in [0.05, 0.1) is 32.5 Å². The Bertz CT molecular complexity index is 446. The zero-order valence-electron chi connectivity index (χ0n) is 11.9. The standard InChI is InChI=1S/C16H22O3/c1-15(2)8-19-14(15)12-4-6-13(7-5-12)18-11-16(3)9-17-10-16/h4-7,14H,8-11H2,1-3H3. The molecule has 3 rings (SSSR count). The fourth-order valence-corrected chi connectivity index (χ4v) is 2.58. The highest BCUT2D eigenvalue weighted by atomic mass is 16.5. The van der Waals surface area contributed by atoms with Gasteiger partial charge in [0.2, 0.25) is 0 Å².